The highest BCUT2D eigenvalue weighted by Gasteiger charge is 2.17. The van der Waals surface area contributed by atoms with Crippen LogP contribution in [-0.2, 0) is 17.9 Å². The number of benzene rings is 2. The van der Waals surface area contributed by atoms with Gasteiger partial charge in [0.1, 0.15) is 23.4 Å². The molecule has 0 saturated heterocycles. The molecule has 0 saturated carbocycles. The lowest BCUT2D eigenvalue weighted by Gasteiger charge is -2.19. The van der Waals surface area contributed by atoms with Gasteiger partial charge < -0.3 is 14.1 Å². The fourth-order valence-electron chi connectivity index (χ4n) is 3.37. The van der Waals surface area contributed by atoms with Crippen LogP contribution in [0.4, 0.5) is 0 Å². The fourth-order valence-corrected chi connectivity index (χ4v) is 3.37. The summed E-state index contributed by atoms with van der Waals surface area (Å²) in [4.78, 5) is 31.4. The summed E-state index contributed by atoms with van der Waals surface area (Å²) in [7, 11) is 3.30. The maximum Gasteiger partial charge on any atom is 0.297 e. The number of amides is 1. The molecular formula is C22H21N3O4. The van der Waals surface area contributed by atoms with E-state index in [0.717, 1.165) is 22.3 Å². The van der Waals surface area contributed by atoms with Gasteiger partial charge in [0.25, 0.3) is 5.56 Å². The largest absolute Gasteiger partial charge is 0.496 e. The predicted molar refractivity (Wildman–Crippen MR) is 110 cm³/mol. The summed E-state index contributed by atoms with van der Waals surface area (Å²) in [5, 5.41) is 0.779. The number of hydrogen-bond acceptors (Lipinski definition) is 5. The molecule has 0 fully saturated rings. The van der Waals surface area contributed by atoms with Crippen LogP contribution in [0.5, 0.6) is 5.75 Å². The van der Waals surface area contributed by atoms with Gasteiger partial charge in [-0.05, 0) is 25.1 Å². The van der Waals surface area contributed by atoms with Gasteiger partial charge in [0, 0.05) is 24.5 Å². The highest BCUT2D eigenvalue weighted by Crippen LogP contribution is 2.24. The number of rotatable bonds is 5. The first-order chi connectivity index (χ1) is 14.0. The molecule has 0 atom stereocenters. The van der Waals surface area contributed by atoms with Gasteiger partial charge in [0.15, 0.2) is 0 Å². The first-order valence-electron chi connectivity index (χ1n) is 9.22. The SMILES string of the molecule is COc1ccc(C)cc1CN(C)C(=O)Cn1cnc2c(oc3ccccc32)c1=O. The van der Waals surface area contributed by atoms with Crippen LogP contribution in [0.1, 0.15) is 11.1 Å². The standard InChI is InChI=1S/C22H21N3O4/c1-14-8-9-17(28-3)15(10-14)11-24(2)19(26)12-25-13-23-20-16-6-4-5-7-18(16)29-21(20)22(25)27/h4-10,13H,11-12H2,1-3H3. The van der Waals surface area contributed by atoms with Gasteiger partial charge >= 0.3 is 0 Å². The Bertz CT molecular complexity index is 1270. The molecule has 0 spiro atoms. The summed E-state index contributed by atoms with van der Waals surface area (Å²) in [5.74, 6) is 0.505. The molecule has 0 aliphatic heterocycles. The van der Waals surface area contributed by atoms with Gasteiger partial charge in [-0.1, -0.05) is 29.8 Å². The Balaban J connectivity index is 1.59. The summed E-state index contributed by atoms with van der Waals surface area (Å²) in [5.41, 5.74) is 2.87. The van der Waals surface area contributed by atoms with E-state index in [1.165, 1.54) is 10.9 Å². The number of likely N-dealkylation sites (N-methyl/N-ethyl adjacent to an activating group) is 1. The zero-order chi connectivity index (χ0) is 20.5. The lowest BCUT2D eigenvalue weighted by Crippen LogP contribution is -2.33. The van der Waals surface area contributed by atoms with E-state index in [1.807, 2.05) is 43.3 Å². The number of carbonyl (C=O) groups excluding carboxylic acids is 1. The van der Waals surface area contributed by atoms with Crippen LogP contribution in [0.15, 0.2) is 58.0 Å². The third-order valence-electron chi connectivity index (χ3n) is 4.93. The van der Waals surface area contributed by atoms with Crippen LogP contribution in [0, 0.1) is 6.92 Å². The summed E-state index contributed by atoms with van der Waals surface area (Å²) >= 11 is 0. The highest BCUT2D eigenvalue weighted by atomic mass is 16.5. The lowest BCUT2D eigenvalue weighted by atomic mass is 10.1. The number of hydrogen-bond donors (Lipinski definition) is 0. The van der Waals surface area contributed by atoms with Gasteiger partial charge in [-0.25, -0.2) is 4.98 Å². The third-order valence-corrected chi connectivity index (χ3v) is 4.93. The molecule has 2 aromatic heterocycles. The van der Waals surface area contributed by atoms with E-state index in [2.05, 4.69) is 4.98 Å². The minimum Gasteiger partial charge on any atom is -0.496 e. The highest BCUT2D eigenvalue weighted by molar-refractivity contribution is 6.01. The zero-order valence-electron chi connectivity index (χ0n) is 16.5. The first kappa shape index (κ1) is 18.7. The molecule has 0 bridgehead atoms. The summed E-state index contributed by atoms with van der Waals surface area (Å²) in [6, 6.07) is 13.2. The molecule has 0 N–H and O–H groups in total. The molecule has 0 aliphatic rings. The van der Waals surface area contributed by atoms with Crippen molar-refractivity contribution in [2.24, 2.45) is 0 Å². The number of furan rings is 1. The van der Waals surface area contributed by atoms with Gasteiger partial charge in [-0.3, -0.25) is 14.2 Å². The van der Waals surface area contributed by atoms with Gasteiger partial charge in [0.05, 0.1) is 13.4 Å². The second kappa shape index (κ2) is 7.43. The van der Waals surface area contributed by atoms with Gasteiger partial charge in [-0.2, -0.15) is 0 Å². The van der Waals surface area contributed by atoms with Crippen LogP contribution in [0.2, 0.25) is 0 Å². The molecule has 4 rings (SSSR count). The number of methoxy groups -OCH3 is 1. The van der Waals surface area contributed by atoms with E-state index in [9.17, 15) is 9.59 Å². The number of ether oxygens (including phenoxy) is 1. The van der Waals surface area contributed by atoms with Crippen molar-refractivity contribution in [1.29, 1.82) is 0 Å². The Morgan fingerprint density at radius 3 is 2.83 bits per heavy atom. The molecule has 2 heterocycles. The van der Waals surface area contributed by atoms with Crippen molar-refractivity contribution >= 4 is 28.0 Å². The Labute approximate surface area is 167 Å². The Morgan fingerprint density at radius 1 is 1.24 bits per heavy atom. The Hall–Kier alpha value is -3.61. The maximum absolute atomic E-state index is 12.8. The van der Waals surface area contributed by atoms with Crippen LogP contribution < -0.4 is 10.3 Å². The average Bonchev–Trinajstić information content (AvgIpc) is 3.10. The second-order valence-corrected chi connectivity index (χ2v) is 7.02. The lowest BCUT2D eigenvalue weighted by molar-refractivity contribution is -0.131. The molecule has 0 aliphatic carbocycles. The molecule has 1 amide bonds. The molecular weight excluding hydrogens is 370 g/mol. The minimum absolute atomic E-state index is 0.122. The van der Waals surface area contributed by atoms with Crippen LogP contribution in [0.25, 0.3) is 22.1 Å². The van der Waals surface area contributed by atoms with Crippen LogP contribution >= 0.6 is 0 Å². The number of para-hydroxylation sites is 1. The number of carbonyl (C=O) groups is 1. The minimum atomic E-state index is -0.374. The quantitative estimate of drug-likeness (QED) is 0.522. The van der Waals surface area contributed by atoms with Gasteiger partial charge in [0.2, 0.25) is 11.5 Å². The van der Waals surface area contributed by atoms with E-state index in [4.69, 9.17) is 9.15 Å². The first-order valence-corrected chi connectivity index (χ1v) is 9.22. The van der Waals surface area contributed by atoms with Gasteiger partial charge in [-0.15, -0.1) is 0 Å². The van der Waals surface area contributed by atoms with Crippen molar-refractivity contribution in [3.63, 3.8) is 0 Å². The zero-order valence-corrected chi connectivity index (χ0v) is 16.5. The van der Waals surface area contributed by atoms with Crippen molar-refractivity contribution in [3.05, 3.63) is 70.3 Å². The van der Waals surface area contributed by atoms with Crippen molar-refractivity contribution in [3.8, 4) is 5.75 Å². The summed E-state index contributed by atoms with van der Waals surface area (Å²) in [6.07, 6.45) is 1.39. The maximum atomic E-state index is 12.8. The second-order valence-electron chi connectivity index (χ2n) is 7.02. The van der Waals surface area contributed by atoms with Crippen LogP contribution in [0.3, 0.4) is 0 Å². The number of aromatic nitrogens is 2. The third kappa shape index (κ3) is 3.47. The molecule has 7 nitrogen and oxygen atoms in total. The molecule has 0 unspecified atom stereocenters. The summed E-state index contributed by atoms with van der Waals surface area (Å²) in [6.45, 7) is 2.24. The van der Waals surface area contributed by atoms with Crippen molar-refractivity contribution < 1.29 is 13.9 Å². The molecule has 7 heteroatoms. The molecule has 0 radical (unpaired) electrons. The predicted octanol–water partition coefficient (Wildman–Crippen LogP) is 3.12. The van der Waals surface area contributed by atoms with Crippen LogP contribution in [-0.4, -0.2) is 34.5 Å². The van der Waals surface area contributed by atoms with E-state index in [1.54, 1.807) is 25.1 Å². The average molecular weight is 391 g/mol. The fraction of sp³-hybridized carbons (Fsp3) is 0.227. The van der Waals surface area contributed by atoms with Crippen molar-refractivity contribution in [2.75, 3.05) is 14.2 Å². The number of nitrogens with zero attached hydrogens (tertiary/aromatic N) is 3. The van der Waals surface area contributed by atoms with E-state index in [0.29, 0.717) is 17.6 Å². The van der Waals surface area contributed by atoms with E-state index >= 15 is 0 Å². The smallest absolute Gasteiger partial charge is 0.297 e. The summed E-state index contributed by atoms with van der Waals surface area (Å²) < 4.78 is 12.3. The van der Waals surface area contributed by atoms with Crippen molar-refractivity contribution in [2.45, 2.75) is 20.0 Å². The molecule has 2 aromatic carbocycles. The normalized spacial score (nSPS) is 11.1. The Kier molecular flexibility index (Phi) is 4.80. The number of fused-ring (bicyclic) bond motifs is 3. The van der Waals surface area contributed by atoms with E-state index < -0.39 is 0 Å². The monoisotopic (exact) mass is 391 g/mol. The molecule has 29 heavy (non-hydrogen) atoms. The molecule has 4 aromatic rings. The number of aryl methyl sites for hydroxylation is 1. The van der Waals surface area contributed by atoms with Crippen molar-refractivity contribution in [1.82, 2.24) is 14.5 Å². The Morgan fingerprint density at radius 2 is 2.03 bits per heavy atom. The van der Waals surface area contributed by atoms with E-state index in [-0.39, 0.29) is 23.6 Å². The topological polar surface area (TPSA) is 77.6 Å². The molecule has 148 valence electrons.